The van der Waals surface area contributed by atoms with E-state index in [-0.39, 0.29) is 23.3 Å². The molecule has 0 radical (unpaired) electrons. The zero-order valence-corrected chi connectivity index (χ0v) is 19.5. The van der Waals surface area contributed by atoms with Gasteiger partial charge in [-0.3, -0.25) is 14.9 Å². The second kappa shape index (κ2) is 9.64. The van der Waals surface area contributed by atoms with Crippen molar-refractivity contribution in [3.8, 4) is 0 Å². The smallest absolute Gasteiger partial charge is 0.331 e. The maximum Gasteiger partial charge on any atom is 0.331 e. The predicted molar refractivity (Wildman–Crippen MR) is 120 cm³/mol. The lowest BCUT2D eigenvalue weighted by Gasteiger charge is -2.37. The van der Waals surface area contributed by atoms with Crippen molar-refractivity contribution in [2.45, 2.75) is 66.2 Å². The number of amides is 2. The molecule has 3 N–H and O–H groups in total. The van der Waals surface area contributed by atoms with Crippen molar-refractivity contribution in [1.29, 1.82) is 0 Å². The number of carbonyl (C=O) groups is 3. The molecule has 1 heterocycles. The Hall–Kier alpha value is -2.67. The molecule has 1 aromatic rings. The largest absolute Gasteiger partial charge is 0.478 e. The normalized spacial score (nSPS) is 18.3. The van der Waals surface area contributed by atoms with Crippen molar-refractivity contribution in [3.05, 3.63) is 47.0 Å². The number of rotatable bonds is 7. The molecule has 2 rings (SSSR count). The van der Waals surface area contributed by atoms with E-state index in [4.69, 9.17) is 0 Å². The van der Waals surface area contributed by atoms with Crippen LogP contribution in [0.2, 0.25) is 0 Å². The molecule has 0 saturated carbocycles. The second-order valence-electron chi connectivity index (χ2n) is 9.66. The summed E-state index contributed by atoms with van der Waals surface area (Å²) in [6, 6.07) is 6.07. The minimum absolute atomic E-state index is 0.00273. The summed E-state index contributed by atoms with van der Waals surface area (Å²) in [7, 11) is 1.66. The van der Waals surface area contributed by atoms with Crippen LogP contribution in [0.4, 0.5) is 0 Å². The fourth-order valence-corrected chi connectivity index (χ4v) is 3.84. The van der Waals surface area contributed by atoms with Crippen LogP contribution in [0, 0.1) is 11.3 Å². The number of likely N-dealkylation sites (N-methyl/N-ethyl adjacent to an activating group) is 1. The van der Waals surface area contributed by atoms with E-state index >= 15 is 0 Å². The molecule has 170 valence electrons. The number of carboxylic acids is 1. The van der Waals surface area contributed by atoms with E-state index in [1.807, 2.05) is 58.9 Å². The molecule has 31 heavy (non-hydrogen) atoms. The van der Waals surface area contributed by atoms with E-state index in [1.165, 1.54) is 6.92 Å². The summed E-state index contributed by atoms with van der Waals surface area (Å²) >= 11 is 0. The van der Waals surface area contributed by atoms with E-state index in [0.29, 0.717) is 6.54 Å². The molecule has 3 atom stereocenters. The van der Waals surface area contributed by atoms with Crippen LogP contribution in [0.3, 0.4) is 0 Å². The van der Waals surface area contributed by atoms with E-state index in [1.54, 1.807) is 18.0 Å². The van der Waals surface area contributed by atoms with Crippen molar-refractivity contribution in [3.63, 3.8) is 0 Å². The number of hydrogen-bond donors (Lipinski definition) is 3. The molecule has 2 unspecified atom stereocenters. The topological polar surface area (TPSA) is 98.7 Å². The summed E-state index contributed by atoms with van der Waals surface area (Å²) in [6.07, 6.45) is 1.60. The Balaban J connectivity index is 2.27. The summed E-state index contributed by atoms with van der Waals surface area (Å²) in [6.45, 7) is 11.7. The summed E-state index contributed by atoms with van der Waals surface area (Å²) in [5, 5.41) is 15.4. The molecule has 2 amide bonds. The minimum Gasteiger partial charge on any atom is -0.478 e. The summed E-state index contributed by atoms with van der Waals surface area (Å²) in [5.74, 6) is -1.51. The van der Waals surface area contributed by atoms with Gasteiger partial charge in [-0.05, 0) is 29.4 Å². The van der Waals surface area contributed by atoms with Gasteiger partial charge in [-0.25, -0.2) is 4.79 Å². The van der Waals surface area contributed by atoms with Gasteiger partial charge < -0.3 is 15.3 Å². The van der Waals surface area contributed by atoms with Crippen molar-refractivity contribution in [1.82, 2.24) is 15.5 Å². The molecule has 0 aromatic heterocycles. The van der Waals surface area contributed by atoms with E-state index in [0.717, 1.165) is 11.1 Å². The average Bonchev–Trinajstić information content (AvgIpc) is 3.11. The molecule has 0 spiro atoms. The van der Waals surface area contributed by atoms with Crippen LogP contribution in [0.1, 0.15) is 58.7 Å². The van der Waals surface area contributed by atoms with Gasteiger partial charge >= 0.3 is 5.97 Å². The molecule has 7 nitrogen and oxygen atoms in total. The van der Waals surface area contributed by atoms with Crippen LogP contribution < -0.4 is 10.6 Å². The van der Waals surface area contributed by atoms with E-state index in [9.17, 15) is 19.5 Å². The molecule has 0 bridgehead atoms. The first-order valence-electron chi connectivity index (χ1n) is 10.6. The Morgan fingerprint density at radius 2 is 1.84 bits per heavy atom. The van der Waals surface area contributed by atoms with Crippen molar-refractivity contribution < 1.29 is 19.5 Å². The molecular formula is C24H35N3O4. The number of nitrogens with zero attached hydrogens (tertiary/aromatic N) is 1. The van der Waals surface area contributed by atoms with Crippen molar-refractivity contribution in [2.75, 3.05) is 7.05 Å². The molecular weight excluding hydrogens is 394 g/mol. The van der Waals surface area contributed by atoms with Crippen molar-refractivity contribution in [2.24, 2.45) is 11.3 Å². The minimum atomic E-state index is -1.02. The first-order chi connectivity index (χ1) is 14.3. The Labute approximate surface area is 184 Å². The second-order valence-corrected chi connectivity index (χ2v) is 9.66. The number of fused-ring (bicyclic) bond motifs is 1. The molecule has 1 aromatic carbocycles. The monoisotopic (exact) mass is 429 g/mol. The molecule has 0 aliphatic carbocycles. The lowest BCUT2D eigenvalue weighted by molar-refractivity contribution is -0.140. The Morgan fingerprint density at radius 3 is 2.39 bits per heavy atom. The number of hydrogen-bond acceptors (Lipinski definition) is 4. The number of benzene rings is 1. The number of carboxylic acid groups (broad SMARTS) is 1. The number of aliphatic carboxylic acids is 1. The number of nitrogens with one attached hydrogen (secondary N) is 2. The molecule has 7 heteroatoms. The molecule has 1 aliphatic rings. The lowest BCUT2D eigenvalue weighted by atomic mass is 9.84. The first kappa shape index (κ1) is 24.6. The van der Waals surface area contributed by atoms with Gasteiger partial charge in [0.2, 0.25) is 11.8 Å². The zero-order valence-electron chi connectivity index (χ0n) is 19.5. The summed E-state index contributed by atoms with van der Waals surface area (Å²) in [5.41, 5.74) is 1.65. The molecule has 1 aliphatic heterocycles. The quantitative estimate of drug-likeness (QED) is 0.579. The van der Waals surface area contributed by atoms with Crippen molar-refractivity contribution >= 4 is 17.8 Å². The van der Waals surface area contributed by atoms with Crippen LogP contribution in [-0.4, -0.2) is 46.9 Å². The summed E-state index contributed by atoms with van der Waals surface area (Å²) < 4.78 is 0. The third-order valence-electron chi connectivity index (χ3n) is 5.76. The Kier molecular flexibility index (Phi) is 7.65. The Bertz CT molecular complexity index is 870. The SMILES string of the molecule is C/C(=C\[C@H](C(C)C)N(C)C(=O)C(NC(=O)C1NCc2ccccc21)C(C)(C)C)C(=O)O. The van der Waals surface area contributed by atoms with Crippen LogP contribution in [0.5, 0.6) is 0 Å². The fourth-order valence-electron chi connectivity index (χ4n) is 3.84. The van der Waals surface area contributed by atoms with Gasteiger partial charge in [0.15, 0.2) is 0 Å². The van der Waals surface area contributed by atoms with Gasteiger partial charge in [0.1, 0.15) is 12.1 Å². The maximum atomic E-state index is 13.5. The number of carbonyl (C=O) groups excluding carboxylic acids is 2. The highest BCUT2D eigenvalue weighted by Gasteiger charge is 2.39. The van der Waals surface area contributed by atoms with Crippen LogP contribution in [0.15, 0.2) is 35.9 Å². The van der Waals surface area contributed by atoms with E-state index in [2.05, 4.69) is 10.6 Å². The van der Waals surface area contributed by atoms with Gasteiger partial charge in [0, 0.05) is 19.2 Å². The highest BCUT2D eigenvalue weighted by atomic mass is 16.4. The average molecular weight is 430 g/mol. The molecule has 0 saturated heterocycles. The highest BCUT2D eigenvalue weighted by Crippen LogP contribution is 2.28. The third kappa shape index (κ3) is 5.73. The van der Waals surface area contributed by atoms with Gasteiger partial charge in [0.25, 0.3) is 0 Å². The van der Waals surface area contributed by atoms with Gasteiger partial charge in [-0.15, -0.1) is 0 Å². The maximum absolute atomic E-state index is 13.5. The first-order valence-corrected chi connectivity index (χ1v) is 10.6. The zero-order chi connectivity index (χ0) is 23.5. The lowest BCUT2D eigenvalue weighted by Crippen LogP contribution is -2.57. The van der Waals surface area contributed by atoms with Crippen LogP contribution in [0.25, 0.3) is 0 Å². The Morgan fingerprint density at radius 1 is 1.23 bits per heavy atom. The predicted octanol–water partition coefficient (Wildman–Crippen LogP) is 2.88. The highest BCUT2D eigenvalue weighted by molar-refractivity contribution is 5.92. The van der Waals surface area contributed by atoms with Crippen LogP contribution >= 0.6 is 0 Å². The third-order valence-corrected chi connectivity index (χ3v) is 5.76. The van der Waals surface area contributed by atoms with Gasteiger partial charge in [-0.2, -0.15) is 0 Å². The van der Waals surface area contributed by atoms with Gasteiger partial charge in [-0.1, -0.05) is 65.0 Å². The fraction of sp³-hybridized carbons (Fsp3) is 0.542. The standard InChI is InChI=1S/C24H35N3O4/c1-14(2)18(12-15(3)23(30)31)27(7)22(29)20(24(4,5)6)26-21(28)19-17-11-9-8-10-16(17)13-25-19/h8-12,14,18-20,25H,13H2,1-7H3,(H,26,28)(H,30,31)/b15-12+/t18-,19?,20?/m1/s1. The molecule has 0 fully saturated rings. The van der Waals surface area contributed by atoms with Crippen LogP contribution in [-0.2, 0) is 20.9 Å². The van der Waals surface area contributed by atoms with Gasteiger partial charge in [0.05, 0.1) is 6.04 Å². The summed E-state index contributed by atoms with van der Waals surface area (Å²) in [4.78, 5) is 39.5. The van der Waals surface area contributed by atoms with E-state index < -0.39 is 29.5 Å².